The number of benzene rings is 1. The number of ether oxygens (including phenoxy) is 1. The zero-order valence-electron chi connectivity index (χ0n) is 10.3. The Morgan fingerprint density at radius 3 is 2.94 bits per heavy atom. The highest BCUT2D eigenvalue weighted by atomic mass is 19.1. The van der Waals surface area contributed by atoms with Crippen molar-refractivity contribution in [3.63, 3.8) is 0 Å². The maximum Gasteiger partial charge on any atom is 0.251 e. The van der Waals surface area contributed by atoms with Gasteiger partial charge in [-0.05, 0) is 38.0 Å². The van der Waals surface area contributed by atoms with Crippen LogP contribution in [0.5, 0.6) is 0 Å². The molecule has 0 aromatic heterocycles. The van der Waals surface area contributed by atoms with Crippen molar-refractivity contribution < 1.29 is 13.9 Å². The maximum absolute atomic E-state index is 13.1. The molecule has 5 heteroatoms. The standard InChI is InChI=1S/C13H17FN2O2/c1-8-4-12(2-3-18-8)16-13(17)9-5-10(14)7-11(15)6-9/h5-8,12H,2-4,15H2,1H3,(H,16,17). The lowest BCUT2D eigenvalue weighted by atomic mass is 10.0. The van der Waals surface area contributed by atoms with Gasteiger partial charge in [-0.3, -0.25) is 4.79 Å². The monoisotopic (exact) mass is 252 g/mol. The van der Waals surface area contributed by atoms with Crippen molar-refractivity contribution in [3.05, 3.63) is 29.6 Å². The number of halogens is 1. The van der Waals surface area contributed by atoms with Crippen LogP contribution in [0.4, 0.5) is 10.1 Å². The Morgan fingerprint density at radius 1 is 1.50 bits per heavy atom. The summed E-state index contributed by atoms with van der Waals surface area (Å²) in [5, 5.41) is 2.88. The predicted octanol–water partition coefficient (Wildman–Crippen LogP) is 1.71. The zero-order valence-corrected chi connectivity index (χ0v) is 10.3. The van der Waals surface area contributed by atoms with Crippen molar-refractivity contribution in [2.45, 2.75) is 31.9 Å². The van der Waals surface area contributed by atoms with Gasteiger partial charge in [-0.15, -0.1) is 0 Å². The predicted molar refractivity (Wildman–Crippen MR) is 66.7 cm³/mol. The number of nitrogens with one attached hydrogen (secondary N) is 1. The molecule has 0 saturated carbocycles. The van der Waals surface area contributed by atoms with E-state index in [9.17, 15) is 9.18 Å². The summed E-state index contributed by atoms with van der Waals surface area (Å²) >= 11 is 0. The number of nitrogens with two attached hydrogens (primary N) is 1. The first-order chi connectivity index (χ1) is 8.54. The van der Waals surface area contributed by atoms with E-state index < -0.39 is 5.82 Å². The Balaban J connectivity index is 2.02. The minimum atomic E-state index is -0.500. The van der Waals surface area contributed by atoms with E-state index in [-0.39, 0.29) is 29.3 Å². The van der Waals surface area contributed by atoms with Gasteiger partial charge in [0.15, 0.2) is 0 Å². The van der Waals surface area contributed by atoms with Crippen LogP contribution in [0.1, 0.15) is 30.1 Å². The average Bonchev–Trinajstić information content (AvgIpc) is 2.27. The van der Waals surface area contributed by atoms with Crippen molar-refractivity contribution in [2.24, 2.45) is 0 Å². The molecule has 0 bridgehead atoms. The Bertz CT molecular complexity index is 430. The summed E-state index contributed by atoms with van der Waals surface area (Å²) < 4.78 is 18.6. The van der Waals surface area contributed by atoms with Gasteiger partial charge in [-0.25, -0.2) is 4.39 Å². The van der Waals surface area contributed by atoms with Gasteiger partial charge in [-0.2, -0.15) is 0 Å². The zero-order chi connectivity index (χ0) is 13.1. The van der Waals surface area contributed by atoms with Crippen molar-refractivity contribution in [2.75, 3.05) is 12.3 Å². The summed E-state index contributed by atoms with van der Waals surface area (Å²) in [6, 6.07) is 3.92. The van der Waals surface area contributed by atoms with Crippen molar-refractivity contribution in [1.29, 1.82) is 0 Å². The van der Waals surface area contributed by atoms with E-state index >= 15 is 0 Å². The van der Waals surface area contributed by atoms with E-state index in [0.29, 0.717) is 6.61 Å². The van der Waals surface area contributed by atoms with Gasteiger partial charge < -0.3 is 15.8 Å². The van der Waals surface area contributed by atoms with Gasteiger partial charge in [0.25, 0.3) is 5.91 Å². The number of hydrogen-bond acceptors (Lipinski definition) is 3. The SMILES string of the molecule is CC1CC(NC(=O)c2cc(N)cc(F)c2)CCO1. The van der Waals surface area contributed by atoms with E-state index in [1.165, 1.54) is 18.2 Å². The summed E-state index contributed by atoms with van der Waals surface area (Å²) in [5.41, 5.74) is 6.02. The third-order valence-corrected chi connectivity index (χ3v) is 3.00. The number of rotatable bonds is 2. The highest BCUT2D eigenvalue weighted by molar-refractivity contribution is 5.95. The van der Waals surface area contributed by atoms with Crippen LogP contribution in [0.3, 0.4) is 0 Å². The summed E-state index contributed by atoms with van der Waals surface area (Å²) in [4.78, 5) is 11.9. The van der Waals surface area contributed by atoms with Gasteiger partial charge in [0, 0.05) is 23.9 Å². The molecule has 1 aromatic carbocycles. The maximum atomic E-state index is 13.1. The fourth-order valence-electron chi connectivity index (χ4n) is 2.14. The van der Waals surface area contributed by atoms with Crippen LogP contribution in [0, 0.1) is 5.82 Å². The number of hydrogen-bond donors (Lipinski definition) is 2. The fourth-order valence-corrected chi connectivity index (χ4v) is 2.14. The number of carbonyl (C=O) groups excluding carboxylic acids is 1. The smallest absolute Gasteiger partial charge is 0.251 e. The Morgan fingerprint density at radius 2 is 2.28 bits per heavy atom. The van der Waals surface area contributed by atoms with Gasteiger partial charge in [0.05, 0.1) is 6.10 Å². The van der Waals surface area contributed by atoms with Crippen LogP contribution in [0.15, 0.2) is 18.2 Å². The minimum Gasteiger partial charge on any atom is -0.399 e. The van der Waals surface area contributed by atoms with E-state index in [4.69, 9.17) is 10.5 Å². The lowest BCUT2D eigenvalue weighted by Crippen LogP contribution is -2.41. The van der Waals surface area contributed by atoms with Crippen molar-refractivity contribution >= 4 is 11.6 Å². The average molecular weight is 252 g/mol. The molecule has 3 N–H and O–H groups in total. The molecule has 1 aliphatic rings. The lowest BCUT2D eigenvalue weighted by molar-refractivity contribution is 0.0136. The normalized spacial score (nSPS) is 23.7. The van der Waals surface area contributed by atoms with Crippen LogP contribution in [0.25, 0.3) is 0 Å². The topological polar surface area (TPSA) is 64.4 Å². The molecule has 0 radical (unpaired) electrons. The molecule has 2 rings (SSSR count). The lowest BCUT2D eigenvalue weighted by Gasteiger charge is -2.27. The Labute approximate surface area is 105 Å². The van der Waals surface area contributed by atoms with Crippen molar-refractivity contribution in [3.8, 4) is 0 Å². The third-order valence-electron chi connectivity index (χ3n) is 3.00. The molecular weight excluding hydrogens is 235 g/mol. The van der Waals surface area contributed by atoms with Gasteiger partial charge in [0.2, 0.25) is 0 Å². The first kappa shape index (κ1) is 12.8. The van der Waals surface area contributed by atoms with E-state index in [1.807, 2.05) is 6.92 Å². The molecule has 2 atom stereocenters. The minimum absolute atomic E-state index is 0.0748. The number of nitrogen functional groups attached to an aromatic ring is 1. The highest BCUT2D eigenvalue weighted by Crippen LogP contribution is 2.15. The molecule has 1 aromatic rings. The second kappa shape index (κ2) is 5.35. The summed E-state index contributed by atoms with van der Waals surface area (Å²) in [6.45, 7) is 2.61. The molecule has 1 amide bonds. The highest BCUT2D eigenvalue weighted by Gasteiger charge is 2.21. The quantitative estimate of drug-likeness (QED) is 0.787. The van der Waals surface area contributed by atoms with E-state index in [0.717, 1.165) is 12.8 Å². The molecule has 4 nitrogen and oxygen atoms in total. The molecule has 18 heavy (non-hydrogen) atoms. The number of amides is 1. The number of anilines is 1. The largest absolute Gasteiger partial charge is 0.399 e. The Hall–Kier alpha value is -1.62. The number of carbonyl (C=O) groups is 1. The molecule has 1 fully saturated rings. The van der Waals surface area contributed by atoms with Crippen LogP contribution in [0.2, 0.25) is 0 Å². The van der Waals surface area contributed by atoms with E-state index in [1.54, 1.807) is 0 Å². The summed E-state index contributed by atoms with van der Waals surface area (Å²) in [5.74, 6) is -0.791. The molecule has 1 aliphatic heterocycles. The third kappa shape index (κ3) is 3.20. The summed E-state index contributed by atoms with van der Waals surface area (Å²) in [6.07, 6.45) is 1.69. The molecule has 2 unspecified atom stereocenters. The van der Waals surface area contributed by atoms with E-state index in [2.05, 4.69) is 5.32 Å². The summed E-state index contributed by atoms with van der Waals surface area (Å²) in [7, 11) is 0. The van der Waals surface area contributed by atoms with Crippen LogP contribution >= 0.6 is 0 Å². The molecule has 98 valence electrons. The van der Waals surface area contributed by atoms with Gasteiger partial charge >= 0.3 is 0 Å². The fraction of sp³-hybridized carbons (Fsp3) is 0.462. The first-order valence-electron chi connectivity index (χ1n) is 6.03. The van der Waals surface area contributed by atoms with Crippen LogP contribution in [-0.4, -0.2) is 24.7 Å². The molecule has 1 heterocycles. The van der Waals surface area contributed by atoms with Crippen LogP contribution < -0.4 is 11.1 Å². The van der Waals surface area contributed by atoms with Gasteiger partial charge in [-0.1, -0.05) is 0 Å². The first-order valence-corrected chi connectivity index (χ1v) is 6.03. The molecule has 0 aliphatic carbocycles. The second-order valence-electron chi connectivity index (χ2n) is 4.65. The molecular formula is C13H17FN2O2. The van der Waals surface area contributed by atoms with Crippen LogP contribution in [-0.2, 0) is 4.74 Å². The second-order valence-corrected chi connectivity index (χ2v) is 4.65. The molecule has 0 spiro atoms. The van der Waals surface area contributed by atoms with Gasteiger partial charge in [0.1, 0.15) is 5.82 Å². The Kier molecular flexibility index (Phi) is 3.81. The van der Waals surface area contributed by atoms with Crippen molar-refractivity contribution in [1.82, 2.24) is 5.32 Å². The molecule has 1 saturated heterocycles.